The Morgan fingerprint density at radius 1 is 1.06 bits per heavy atom. The standard InChI is InChI=1S/C16H28O2/c1-2-3-4-5-6-7-8-9-11-14-17-16-13-10-12-15-18-16/h16H,2-8,10,12-15H2,1H3/t16-/m0/s1. The van der Waals surface area contributed by atoms with E-state index < -0.39 is 0 Å². The summed E-state index contributed by atoms with van der Waals surface area (Å²) in [4.78, 5) is 0. The predicted octanol–water partition coefficient (Wildman–Crippen LogP) is 4.28. The van der Waals surface area contributed by atoms with Gasteiger partial charge in [-0.1, -0.05) is 44.9 Å². The second kappa shape index (κ2) is 11.6. The average Bonchev–Trinajstić information content (AvgIpc) is 2.42. The molecular weight excluding hydrogens is 224 g/mol. The van der Waals surface area contributed by atoms with Crippen LogP contribution in [0, 0.1) is 11.8 Å². The van der Waals surface area contributed by atoms with Gasteiger partial charge in [0.15, 0.2) is 6.29 Å². The van der Waals surface area contributed by atoms with Gasteiger partial charge in [0.1, 0.15) is 6.61 Å². The Kier molecular flexibility index (Phi) is 9.98. The Bertz CT molecular complexity index is 233. The SMILES string of the molecule is CCCCCCCCC#CCO[C@@H]1CCCCO1. The monoisotopic (exact) mass is 252 g/mol. The molecule has 1 aliphatic heterocycles. The third kappa shape index (κ3) is 8.55. The van der Waals surface area contributed by atoms with Gasteiger partial charge in [0.25, 0.3) is 0 Å². The normalized spacial score (nSPS) is 19.3. The van der Waals surface area contributed by atoms with Crippen molar-refractivity contribution >= 4 is 0 Å². The van der Waals surface area contributed by atoms with Crippen LogP contribution in [0.25, 0.3) is 0 Å². The van der Waals surface area contributed by atoms with E-state index in [4.69, 9.17) is 9.47 Å². The molecule has 0 amide bonds. The molecule has 2 nitrogen and oxygen atoms in total. The summed E-state index contributed by atoms with van der Waals surface area (Å²) in [6, 6.07) is 0. The van der Waals surface area contributed by atoms with Crippen LogP contribution in [-0.2, 0) is 9.47 Å². The molecule has 1 rings (SSSR count). The number of hydrogen-bond donors (Lipinski definition) is 0. The summed E-state index contributed by atoms with van der Waals surface area (Å²) >= 11 is 0. The summed E-state index contributed by atoms with van der Waals surface area (Å²) < 4.78 is 11.0. The van der Waals surface area contributed by atoms with Gasteiger partial charge in [-0.2, -0.15) is 0 Å². The second-order valence-corrected chi connectivity index (χ2v) is 4.98. The molecule has 0 aliphatic carbocycles. The van der Waals surface area contributed by atoms with E-state index in [0.717, 1.165) is 19.4 Å². The van der Waals surface area contributed by atoms with E-state index >= 15 is 0 Å². The van der Waals surface area contributed by atoms with Crippen LogP contribution in [0.2, 0.25) is 0 Å². The lowest BCUT2D eigenvalue weighted by molar-refractivity contribution is -0.154. The van der Waals surface area contributed by atoms with Crippen molar-refractivity contribution in [2.75, 3.05) is 13.2 Å². The zero-order valence-corrected chi connectivity index (χ0v) is 11.9. The predicted molar refractivity (Wildman–Crippen MR) is 75.3 cm³/mol. The van der Waals surface area contributed by atoms with Gasteiger partial charge in [-0.3, -0.25) is 0 Å². The van der Waals surface area contributed by atoms with Crippen molar-refractivity contribution in [2.45, 2.75) is 77.4 Å². The fourth-order valence-corrected chi connectivity index (χ4v) is 2.11. The lowest BCUT2D eigenvalue weighted by Crippen LogP contribution is -2.22. The Hall–Kier alpha value is -0.520. The summed E-state index contributed by atoms with van der Waals surface area (Å²) in [5, 5.41) is 0. The van der Waals surface area contributed by atoms with Gasteiger partial charge in [0.05, 0.1) is 0 Å². The van der Waals surface area contributed by atoms with E-state index in [1.807, 2.05) is 0 Å². The molecule has 1 fully saturated rings. The number of rotatable bonds is 8. The van der Waals surface area contributed by atoms with Crippen LogP contribution in [-0.4, -0.2) is 19.5 Å². The fraction of sp³-hybridized carbons (Fsp3) is 0.875. The zero-order chi connectivity index (χ0) is 12.9. The first-order valence-electron chi connectivity index (χ1n) is 7.62. The van der Waals surface area contributed by atoms with Gasteiger partial charge in [-0.15, -0.1) is 5.92 Å². The third-order valence-electron chi connectivity index (χ3n) is 3.26. The van der Waals surface area contributed by atoms with Gasteiger partial charge in [-0.25, -0.2) is 0 Å². The topological polar surface area (TPSA) is 18.5 Å². The molecule has 0 saturated carbocycles. The highest BCUT2D eigenvalue weighted by Crippen LogP contribution is 2.13. The van der Waals surface area contributed by atoms with Crippen molar-refractivity contribution in [3.63, 3.8) is 0 Å². The minimum absolute atomic E-state index is 0.00194. The smallest absolute Gasteiger partial charge is 0.158 e. The van der Waals surface area contributed by atoms with Crippen LogP contribution in [0.5, 0.6) is 0 Å². The van der Waals surface area contributed by atoms with Crippen LogP contribution in [0.4, 0.5) is 0 Å². The molecule has 0 aromatic carbocycles. The molecule has 1 atom stereocenters. The lowest BCUT2D eigenvalue weighted by atomic mass is 10.1. The molecule has 18 heavy (non-hydrogen) atoms. The maximum absolute atomic E-state index is 5.55. The van der Waals surface area contributed by atoms with Crippen LogP contribution >= 0.6 is 0 Å². The van der Waals surface area contributed by atoms with Crippen molar-refractivity contribution in [2.24, 2.45) is 0 Å². The van der Waals surface area contributed by atoms with Crippen LogP contribution in [0.1, 0.15) is 71.1 Å². The van der Waals surface area contributed by atoms with E-state index in [0.29, 0.717) is 6.61 Å². The van der Waals surface area contributed by atoms with Gasteiger partial charge in [-0.05, 0) is 25.7 Å². The molecule has 0 bridgehead atoms. The van der Waals surface area contributed by atoms with Gasteiger partial charge >= 0.3 is 0 Å². The average molecular weight is 252 g/mol. The lowest BCUT2D eigenvalue weighted by Gasteiger charge is -2.21. The highest BCUT2D eigenvalue weighted by atomic mass is 16.7. The summed E-state index contributed by atoms with van der Waals surface area (Å²) in [7, 11) is 0. The maximum Gasteiger partial charge on any atom is 0.158 e. The molecule has 0 spiro atoms. The Morgan fingerprint density at radius 2 is 1.89 bits per heavy atom. The molecule has 0 aromatic heterocycles. The largest absolute Gasteiger partial charge is 0.353 e. The number of unbranched alkanes of at least 4 members (excludes halogenated alkanes) is 6. The van der Waals surface area contributed by atoms with Crippen molar-refractivity contribution in [1.29, 1.82) is 0 Å². The molecule has 1 heterocycles. The van der Waals surface area contributed by atoms with E-state index in [1.54, 1.807) is 0 Å². The van der Waals surface area contributed by atoms with Gasteiger partial charge in [0.2, 0.25) is 0 Å². The van der Waals surface area contributed by atoms with E-state index in [-0.39, 0.29) is 6.29 Å². The van der Waals surface area contributed by atoms with E-state index in [2.05, 4.69) is 18.8 Å². The van der Waals surface area contributed by atoms with Crippen LogP contribution < -0.4 is 0 Å². The van der Waals surface area contributed by atoms with Crippen molar-refractivity contribution in [3.05, 3.63) is 0 Å². The molecule has 0 unspecified atom stereocenters. The third-order valence-corrected chi connectivity index (χ3v) is 3.26. The second-order valence-electron chi connectivity index (χ2n) is 4.98. The Morgan fingerprint density at radius 3 is 2.67 bits per heavy atom. The van der Waals surface area contributed by atoms with Crippen LogP contribution in [0.3, 0.4) is 0 Å². The molecule has 2 heteroatoms. The molecular formula is C16H28O2. The summed E-state index contributed by atoms with van der Waals surface area (Å²) in [5.41, 5.74) is 0. The maximum atomic E-state index is 5.55. The fourth-order valence-electron chi connectivity index (χ4n) is 2.11. The van der Waals surface area contributed by atoms with Gasteiger partial charge < -0.3 is 9.47 Å². The minimum Gasteiger partial charge on any atom is -0.353 e. The van der Waals surface area contributed by atoms with Crippen molar-refractivity contribution < 1.29 is 9.47 Å². The number of hydrogen-bond acceptors (Lipinski definition) is 2. The first-order chi connectivity index (χ1) is 8.93. The first kappa shape index (κ1) is 15.5. The van der Waals surface area contributed by atoms with Crippen molar-refractivity contribution in [1.82, 2.24) is 0 Å². The van der Waals surface area contributed by atoms with Gasteiger partial charge in [0, 0.05) is 13.0 Å². The first-order valence-corrected chi connectivity index (χ1v) is 7.62. The highest BCUT2D eigenvalue weighted by molar-refractivity contribution is 4.98. The summed E-state index contributed by atoms with van der Waals surface area (Å²) in [6.45, 7) is 3.62. The molecule has 104 valence electrons. The Labute approximate surface area is 112 Å². The highest BCUT2D eigenvalue weighted by Gasteiger charge is 2.12. The summed E-state index contributed by atoms with van der Waals surface area (Å²) in [6.07, 6.45) is 12.4. The number of ether oxygens (including phenoxy) is 2. The quantitative estimate of drug-likeness (QED) is 0.474. The molecule has 1 aliphatic rings. The van der Waals surface area contributed by atoms with Crippen LogP contribution in [0.15, 0.2) is 0 Å². The molecule has 1 saturated heterocycles. The minimum atomic E-state index is 0.00194. The summed E-state index contributed by atoms with van der Waals surface area (Å²) in [5.74, 6) is 6.27. The van der Waals surface area contributed by atoms with E-state index in [9.17, 15) is 0 Å². The Balaban J connectivity index is 1.85. The molecule has 0 radical (unpaired) electrons. The van der Waals surface area contributed by atoms with E-state index in [1.165, 1.54) is 51.4 Å². The molecule has 0 aromatic rings. The zero-order valence-electron chi connectivity index (χ0n) is 11.9. The molecule has 0 N–H and O–H groups in total. The van der Waals surface area contributed by atoms with Crippen molar-refractivity contribution in [3.8, 4) is 11.8 Å².